The highest BCUT2D eigenvalue weighted by Gasteiger charge is 2.29. The molecule has 0 aliphatic heterocycles. The van der Waals surface area contributed by atoms with E-state index in [1.165, 1.54) is 64.3 Å². The van der Waals surface area contributed by atoms with Crippen molar-refractivity contribution in [3.05, 3.63) is 211 Å². The van der Waals surface area contributed by atoms with E-state index in [2.05, 4.69) is 188 Å². The molecule has 296 valence electrons. The maximum absolute atomic E-state index is 6.99. The lowest BCUT2D eigenvalue weighted by atomic mass is 9.84. The lowest BCUT2D eigenvalue weighted by Gasteiger charge is -2.19. The number of fused-ring (bicyclic) bond motifs is 10. The summed E-state index contributed by atoms with van der Waals surface area (Å²) in [5, 5.41) is 7.06. The number of hydrogen-bond donors (Lipinski definition) is 0. The van der Waals surface area contributed by atoms with E-state index in [9.17, 15) is 0 Å². The summed E-state index contributed by atoms with van der Waals surface area (Å²) in [6.07, 6.45) is 1.91. The number of aryl methyl sites for hydroxylation is 1. The molecule has 9 aromatic carbocycles. The van der Waals surface area contributed by atoms with E-state index in [1.54, 1.807) is 0 Å². The average Bonchev–Trinajstić information content (AvgIpc) is 3.88. The van der Waals surface area contributed by atoms with E-state index in [4.69, 9.17) is 19.4 Å². The van der Waals surface area contributed by atoms with Gasteiger partial charge in [-0.05, 0) is 99.5 Å². The van der Waals surface area contributed by atoms with Gasteiger partial charge in [0.1, 0.15) is 11.2 Å². The Bertz CT molecular complexity index is 3750. The van der Waals surface area contributed by atoms with Crippen molar-refractivity contribution in [1.82, 2.24) is 15.0 Å². The van der Waals surface area contributed by atoms with Crippen LogP contribution in [0.2, 0.25) is 0 Å². The van der Waals surface area contributed by atoms with Gasteiger partial charge in [-0.3, -0.25) is 0 Å². The summed E-state index contributed by atoms with van der Waals surface area (Å²) in [6, 6.07) is 69.5. The summed E-state index contributed by atoms with van der Waals surface area (Å²) in [5.74, 6) is 1.97. The highest BCUT2D eigenvalue weighted by atomic mass is 32.1. The van der Waals surface area contributed by atoms with E-state index >= 15 is 0 Å². The summed E-state index contributed by atoms with van der Waals surface area (Å²) in [4.78, 5) is 15.9. The lowest BCUT2D eigenvalue weighted by Crippen LogP contribution is -2.04. The Labute approximate surface area is 367 Å². The monoisotopic (exact) mass is 823 g/mol. The molecule has 0 spiro atoms. The fraction of sp³-hybridized carbons (Fsp3) is 0.0517. The molecule has 1 aliphatic rings. The van der Waals surface area contributed by atoms with Crippen molar-refractivity contribution < 1.29 is 4.42 Å². The van der Waals surface area contributed by atoms with Gasteiger partial charge in [-0.1, -0.05) is 152 Å². The molecule has 12 aromatic rings. The minimum atomic E-state index is 0.105. The molecule has 4 nitrogen and oxygen atoms in total. The van der Waals surface area contributed by atoms with Crippen LogP contribution in [0.1, 0.15) is 29.0 Å². The third kappa shape index (κ3) is 5.99. The van der Waals surface area contributed by atoms with Crippen LogP contribution in [0.4, 0.5) is 0 Å². The minimum absolute atomic E-state index is 0.105. The van der Waals surface area contributed by atoms with Crippen molar-refractivity contribution in [3.63, 3.8) is 0 Å². The van der Waals surface area contributed by atoms with E-state index in [1.807, 2.05) is 17.4 Å². The zero-order valence-electron chi connectivity index (χ0n) is 34.1. The maximum atomic E-state index is 6.99. The summed E-state index contributed by atoms with van der Waals surface area (Å²) in [6.45, 7) is 0. The second kappa shape index (κ2) is 14.4. The molecule has 1 atom stereocenters. The normalized spacial score (nSPS) is 13.7. The van der Waals surface area contributed by atoms with Gasteiger partial charge in [-0.15, -0.1) is 11.3 Å². The van der Waals surface area contributed by atoms with Crippen molar-refractivity contribution >= 4 is 64.2 Å². The van der Waals surface area contributed by atoms with Gasteiger partial charge < -0.3 is 4.42 Å². The standard InChI is InChI=1S/C58H37N3OS/c1-2-12-35(13-3-1)36-22-24-37(25-23-36)56-59-57(41-27-31-53-50(34-41)45-18-9-11-21-52(45)63-53)61-58(60-56)48-30-29-46(55-54(48)47-19-8-10-20-51(47)62-55)44-28-26-40-32-38-14-4-5-15-39(38)33-49(40)43-17-7-6-16-42(43)44/h1-25,27,29-34,44H,26,28H2. The molecule has 0 saturated carbocycles. The molecule has 63 heavy (non-hydrogen) atoms. The molecule has 0 saturated heterocycles. The Morgan fingerprint density at radius 2 is 1.08 bits per heavy atom. The predicted octanol–water partition coefficient (Wildman–Crippen LogP) is 15.7. The van der Waals surface area contributed by atoms with Crippen molar-refractivity contribution in [3.8, 4) is 56.4 Å². The summed E-state index contributed by atoms with van der Waals surface area (Å²) < 4.78 is 9.50. The van der Waals surface area contributed by atoms with E-state index in [0.717, 1.165) is 57.0 Å². The number of rotatable bonds is 5. The van der Waals surface area contributed by atoms with Crippen LogP contribution in [0.15, 0.2) is 199 Å². The maximum Gasteiger partial charge on any atom is 0.164 e. The molecule has 0 fully saturated rings. The Kier molecular flexibility index (Phi) is 8.25. The Morgan fingerprint density at radius 1 is 0.429 bits per heavy atom. The number of hydrogen-bond acceptors (Lipinski definition) is 5. The average molecular weight is 824 g/mol. The smallest absolute Gasteiger partial charge is 0.164 e. The predicted molar refractivity (Wildman–Crippen MR) is 261 cm³/mol. The quantitative estimate of drug-likeness (QED) is 0.173. The van der Waals surface area contributed by atoms with E-state index < -0.39 is 0 Å². The number of benzene rings is 9. The highest BCUT2D eigenvalue weighted by Crippen LogP contribution is 2.47. The molecule has 1 aliphatic carbocycles. The number of aromatic nitrogens is 3. The minimum Gasteiger partial charge on any atom is -0.456 e. The third-order valence-electron chi connectivity index (χ3n) is 13.0. The molecular weight excluding hydrogens is 787 g/mol. The molecular formula is C58H37N3OS. The zero-order valence-corrected chi connectivity index (χ0v) is 34.9. The molecule has 0 bridgehead atoms. The molecule has 13 rings (SSSR count). The van der Waals surface area contributed by atoms with Gasteiger partial charge in [0.05, 0.1) is 0 Å². The molecule has 1 unspecified atom stereocenters. The molecule has 0 radical (unpaired) electrons. The van der Waals surface area contributed by atoms with Crippen LogP contribution in [0.25, 0.3) is 109 Å². The second-order valence-corrected chi connectivity index (χ2v) is 17.7. The Hall–Kier alpha value is -7.73. The van der Waals surface area contributed by atoms with Gasteiger partial charge in [0.2, 0.25) is 0 Å². The van der Waals surface area contributed by atoms with Crippen LogP contribution in [-0.2, 0) is 6.42 Å². The van der Waals surface area contributed by atoms with Gasteiger partial charge in [0.15, 0.2) is 17.5 Å². The van der Waals surface area contributed by atoms with Crippen LogP contribution >= 0.6 is 11.3 Å². The largest absolute Gasteiger partial charge is 0.456 e. The topological polar surface area (TPSA) is 51.8 Å². The van der Waals surface area contributed by atoms with Crippen LogP contribution in [0.3, 0.4) is 0 Å². The van der Waals surface area contributed by atoms with Crippen molar-refractivity contribution in [2.45, 2.75) is 18.8 Å². The lowest BCUT2D eigenvalue weighted by molar-refractivity contribution is 0.647. The summed E-state index contributed by atoms with van der Waals surface area (Å²) in [5.41, 5.74) is 13.3. The SMILES string of the molecule is c1ccc(-c2ccc(-c3nc(-c4ccc5sc6ccccc6c5c4)nc(-c4ccc(C5CCc6cc7ccccc7cc6-c6ccccc65)c5oc6ccccc6c45)n3)cc2)cc1. The van der Waals surface area contributed by atoms with Gasteiger partial charge in [0.25, 0.3) is 0 Å². The highest BCUT2D eigenvalue weighted by molar-refractivity contribution is 7.25. The second-order valence-electron chi connectivity index (χ2n) is 16.6. The van der Waals surface area contributed by atoms with Crippen molar-refractivity contribution in [2.24, 2.45) is 0 Å². The van der Waals surface area contributed by atoms with E-state index in [0.29, 0.717) is 17.5 Å². The Balaban J connectivity index is 1.01. The first-order valence-electron chi connectivity index (χ1n) is 21.6. The number of nitrogens with zero attached hydrogens (tertiary/aromatic N) is 3. The Morgan fingerprint density at radius 3 is 1.95 bits per heavy atom. The van der Waals surface area contributed by atoms with Crippen LogP contribution in [0.5, 0.6) is 0 Å². The molecule has 3 aromatic heterocycles. The first kappa shape index (κ1) is 36.0. The number of thiophene rings is 1. The van der Waals surface area contributed by atoms with Crippen LogP contribution in [-0.4, -0.2) is 15.0 Å². The molecule has 3 heterocycles. The van der Waals surface area contributed by atoms with Crippen LogP contribution in [0, 0.1) is 0 Å². The molecule has 0 N–H and O–H groups in total. The fourth-order valence-corrected chi connectivity index (χ4v) is 11.0. The van der Waals surface area contributed by atoms with E-state index in [-0.39, 0.29) is 5.92 Å². The first-order valence-corrected chi connectivity index (χ1v) is 22.4. The number of para-hydroxylation sites is 1. The summed E-state index contributed by atoms with van der Waals surface area (Å²) in [7, 11) is 0. The van der Waals surface area contributed by atoms with Crippen molar-refractivity contribution in [1.29, 1.82) is 0 Å². The zero-order chi connectivity index (χ0) is 41.4. The van der Waals surface area contributed by atoms with Gasteiger partial charge in [-0.2, -0.15) is 0 Å². The molecule has 0 amide bonds. The first-order chi connectivity index (χ1) is 31.2. The number of furan rings is 1. The summed E-state index contributed by atoms with van der Waals surface area (Å²) >= 11 is 1.81. The van der Waals surface area contributed by atoms with Gasteiger partial charge in [-0.25, -0.2) is 15.0 Å². The van der Waals surface area contributed by atoms with Crippen molar-refractivity contribution in [2.75, 3.05) is 0 Å². The fourth-order valence-electron chi connectivity index (χ4n) is 9.94. The van der Waals surface area contributed by atoms with Gasteiger partial charge >= 0.3 is 0 Å². The van der Waals surface area contributed by atoms with Crippen LogP contribution < -0.4 is 0 Å². The molecule has 5 heteroatoms. The third-order valence-corrected chi connectivity index (χ3v) is 14.1. The van der Waals surface area contributed by atoms with Gasteiger partial charge in [0, 0.05) is 59.1 Å².